The number of para-hydroxylation sites is 3. The van der Waals surface area contributed by atoms with Gasteiger partial charge in [0.25, 0.3) is 0 Å². The molecular weight excluding hydrogens is 1510 g/mol. The topological polar surface area (TPSA) is 14.8 Å². The fraction of sp³-hybridized carbons (Fsp3) is 0.0256. The Bertz CT molecular complexity index is 8890. The van der Waals surface area contributed by atoms with Crippen molar-refractivity contribution in [2.24, 2.45) is 0 Å². The average molecular weight is 1580 g/mol. The van der Waals surface area contributed by atoms with E-state index < -0.39 is 0 Å². The molecule has 0 radical (unpaired) electrons. The first-order valence-corrected chi connectivity index (χ1v) is 44.0. The molecule has 5 aromatic heterocycles. The molecule has 5 heteroatoms. The van der Waals surface area contributed by atoms with Crippen LogP contribution >= 0.6 is 22.7 Å². The lowest BCUT2D eigenvalue weighted by atomic mass is 9.82. The SMILES string of the molecule is CC1(C)c2ccccc2-c2c1ccc1c3ccccc3n(-c3ccc4c5c(cccc35)-c3ccccc3-4)c21.c1cc(-c2ccc3c(c2)-c2cccc4cccc-3c24)cc(-n2c3ccccc3c3c4c(ccc32)sc2ccccc24)c1.c1cc2c3c(cccc3c1)-c1cc(-c3ccc(-n4c5ccccc5c5c6c(ccc54)sc4ccccc46)cc3)ccc1-2. The number of aromatic nitrogens is 3. The first-order chi connectivity index (χ1) is 60.3. The lowest BCUT2D eigenvalue weighted by molar-refractivity contribution is 0.661. The normalized spacial score (nSPS) is 12.9. The van der Waals surface area contributed by atoms with Crippen molar-refractivity contribution < 1.29 is 0 Å². The van der Waals surface area contributed by atoms with Gasteiger partial charge in [0.05, 0.1) is 38.8 Å². The summed E-state index contributed by atoms with van der Waals surface area (Å²) in [5, 5.41) is 21.4. The summed E-state index contributed by atoms with van der Waals surface area (Å²) in [6.07, 6.45) is 0. The Morgan fingerprint density at radius 3 is 1.21 bits per heavy atom. The largest absolute Gasteiger partial charge is 0.309 e. The molecule has 0 bridgehead atoms. The maximum atomic E-state index is 2.55. The molecule has 0 amide bonds. The van der Waals surface area contributed by atoms with Gasteiger partial charge in [0, 0.05) is 100 Å². The second kappa shape index (κ2) is 25.5. The summed E-state index contributed by atoms with van der Waals surface area (Å²) in [7, 11) is 0. The molecule has 20 aromatic carbocycles. The van der Waals surface area contributed by atoms with Gasteiger partial charge in [0.2, 0.25) is 0 Å². The smallest absolute Gasteiger partial charge is 0.0622 e. The van der Waals surface area contributed by atoms with Gasteiger partial charge in [0.1, 0.15) is 0 Å². The molecule has 122 heavy (non-hydrogen) atoms. The molecule has 0 unspecified atom stereocenters. The monoisotopic (exact) mass is 1580 g/mol. The van der Waals surface area contributed by atoms with E-state index in [0.717, 1.165) is 0 Å². The molecule has 0 spiro atoms. The van der Waals surface area contributed by atoms with Crippen molar-refractivity contribution in [3.05, 3.63) is 405 Å². The highest BCUT2D eigenvalue weighted by atomic mass is 32.1. The highest BCUT2D eigenvalue weighted by molar-refractivity contribution is 7.26. The van der Waals surface area contributed by atoms with Crippen LogP contribution < -0.4 is 0 Å². The molecule has 25 aromatic rings. The Kier molecular flexibility index (Phi) is 14.2. The van der Waals surface area contributed by atoms with Crippen LogP contribution in [0.25, 0.3) is 255 Å². The number of benzene rings is 20. The van der Waals surface area contributed by atoms with E-state index in [4.69, 9.17) is 0 Å². The number of rotatable bonds is 5. The predicted molar refractivity (Wildman–Crippen MR) is 522 cm³/mol. The van der Waals surface area contributed by atoms with Crippen LogP contribution in [0.2, 0.25) is 0 Å². The van der Waals surface area contributed by atoms with E-state index in [1.807, 2.05) is 22.7 Å². The van der Waals surface area contributed by atoms with E-state index in [0.29, 0.717) is 0 Å². The summed E-state index contributed by atoms with van der Waals surface area (Å²) in [6.45, 7) is 4.74. The molecule has 566 valence electrons. The van der Waals surface area contributed by atoms with Crippen molar-refractivity contribution in [1.82, 2.24) is 13.7 Å². The molecule has 4 aliphatic carbocycles. The zero-order chi connectivity index (χ0) is 79.9. The van der Waals surface area contributed by atoms with Crippen LogP contribution in [0.3, 0.4) is 0 Å². The maximum absolute atomic E-state index is 2.55. The van der Waals surface area contributed by atoms with Gasteiger partial charge < -0.3 is 13.7 Å². The number of hydrogen-bond donors (Lipinski definition) is 0. The van der Waals surface area contributed by atoms with Crippen molar-refractivity contribution in [3.63, 3.8) is 0 Å². The van der Waals surface area contributed by atoms with Crippen molar-refractivity contribution in [2.75, 3.05) is 0 Å². The summed E-state index contributed by atoms with van der Waals surface area (Å²) < 4.78 is 12.8. The maximum Gasteiger partial charge on any atom is 0.0622 e. The number of nitrogens with zero attached hydrogens (tertiary/aromatic N) is 3. The van der Waals surface area contributed by atoms with E-state index in [1.54, 1.807) is 0 Å². The first-order valence-electron chi connectivity index (χ1n) is 42.4. The van der Waals surface area contributed by atoms with Gasteiger partial charge in [-0.3, -0.25) is 0 Å². The van der Waals surface area contributed by atoms with Crippen molar-refractivity contribution in [1.29, 1.82) is 0 Å². The summed E-state index contributed by atoms with van der Waals surface area (Å²) >= 11 is 3.77. The van der Waals surface area contributed by atoms with Crippen LogP contribution in [0.4, 0.5) is 0 Å². The molecule has 0 N–H and O–H groups in total. The molecule has 4 aliphatic rings. The Morgan fingerprint density at radius 1 is 0.205 bits per heavy atom. The molecule has 0 fully saturated rings. The summed E-state index contributed by atoms with van der Waals surface area (Å²) in [6, 6.07) is 146. The average Bonchev–Trinajstić information content (AvgIpc) is 1.53. The van der Waals surface area contributed by atoms with Gasteiger partial charge in [0.15, 0.2) is 0 Å². The third-order valence-corrected chi connectivity index (χ3v) is 29.7. The van der Waals surface area contributed by atoms with Gasteiger partial charge in [-0.05, 0) is 230 Å². The van der Waals surface area contributed by atoms with Crippen LogP contribution in [0, 0.1) is 0 Å². The van der Waals surface area contributed by atoms with E-state index in [-0.39, 0.29) is 5.41 Å². The van der Waals surface area contributed by atoms with Crippen LogP contribution in [0.1, 0.15) is 25.0 Å². The van der Waals surface area contributed by atoms with E-state index in [9.17, 15) is 0 Å². The Morgan fingerprint density at radius 2 is 0.623 bits per heavy atom. The molecule has 0 atom stereocenters. The number of fused-ring (bicyclic) bond motifs is 30. The molecule has 0 aliphatic heterocycles. The third-order valence-electron chi connectivity index (χ3n) is 27.4. The van der Waals surface area contributed by atoms with E-state index >= 15 is 0 Å². The van der Waals surface area contributed by atoms with Crippen LogP contribution in [-0.2, 0) is 5.41 Å². The fourth-order valence-corrected chi connectivity index (χ4v) is 24.4. The van der Waals surface area contributed by atoms with Gasteiger partial charge in [-0.2, -0.15) is 0 Å². The van der Waals surface area contributed by atoms with Crippen molar-refractivity contribution in [3.8, 4) is 117 Å². The summed E-state index contributed by atoms with van der Waals surface area (Å²) in [5.74, 6) is 0. The zero-order valence-electron chi connectivity index (χ0n) is 66.7. The minimum absolute atomic E-state index is 0.0366. The van der Waals surface area contributed by atoms with E-state index in [2.05, 4.69) is 422 Å². The van der Waals surface area contributed by atoms with E-state index in [1.165, 1.54) is 266 Å². The summed E-state index contributed by atoms with van der Waals surface area (Å²) in [5.41, 5.74) is 37.7. The second-order valence-electron chi connectivity index (χ2n) is 33.9. The minimum atomic E-state index is -0.0366. The Balaban J connectivity index is 0.0000000963. The van der Waals surface area contributed by atoms with Gasteiger partial charge in [-0.1, -0.05) is 311 Å². The Labute approximate surface area is 711 Å². The quantitative estimate of drug-likeness (QED) is 0.163. The van der Waals surface area contributed by atoms with Crippen molar-refractivity contribution in [2.45, 2.75) is 19.3 Å². The molecular formula is C117H71N3S2. The van der Waals surface area contributed by atoms with Crippen LogP contribution in [0.5, 0.6) is 0 Å². The van der Waals surface area contributed by atoms with Gasteiger partial charge in [-0.15, -0.1) is 22.7 Å². The number of hydrogen-bond acceptors (Lipinski definition) is 2. The fourth-order valence-electron chi connectivity index (χ4n) is 22.2. The predicted octanol–water partition coefficient (Wildman–Crippen LogP) is 33.1. The lowest BCUT2D eigenvalue weighted by Crippen LogP contribution is -2.14. The molecule has 3 nitrogen and oxygen atoms in total. The Hall–Kier alpha value is -15.0. The highest BCUT2D eigenvalue weighted by Crippen LogP contribution is 2.57. The first kappa shape index (κ1) is 68.0. The van der Waals surface area contributed by atoms with Gasteiger partial charge >= 0.3 is 0 Å². The molecule has 0 saturated heterocycles. The molecule has 29 rings (SSSR count). The minimum Gasteiger partial charge on any atom is -0.309 e. The molecule has 5 heterocycles. The lowest BCUT2D eigenvalue weighted by Gasteiger charge is -2.21. The zero-order valence-corrected chi connectivity index (χ0v) is 68.3. The number of thiophene rings is 2. The van der Waals surface area contributed by atoms with Crippen LogP contribution in [0.15, 0.2) is 394 Å². The summed E-state index contributed by atoms with van der Waals surface area (Å²) in [4.78, 5) is 0. The highest BCUT2D eigenvalue weighted by Gasteiger charge is 2.38. The van der Waals surface area contributed by atoms with Gasteiger partial charge in [-0.25, -0.2) is 0 Å². The standard InChI is InChI=1S/2C40H23NS.C37H25N/c1-3-16-34-31(12-1)39-35(20-21-37-40(39)32-13-2-4-17-36(32)42-37)41(34)27-11-5-10-25(22-27)26-18-19-28-29-14-6-8-24-9-7-15-30(38(24)29)33(28)23-26;1-3-13-34-31(9-1)39-35(21-22-37-40(39)32-10-2-4-14-36(32)42-37)41(34)27-18-15-24(16-19-27)26-17-20-28-29-11-5-7-25-8-6-12-30(38(25)29)33(28)23-26;1-37(2)30-16-7-5-13-28(30)35-31(37)20-18-27-24-12-6-8-17-32(24)38(36(27)35)33-21-19-26-23-11-4-3-10-22(23)25-14-9-15-29(33)34(25)26/h2*1-23H;3-21H,1-2H3. The molecule has 0 saturated carbocycles. The second-order valence-corrected chi connectivity index (χ2v) is 36.1. The van der Waals surface area contributed by atoms with Crippen molar-refractivity contribution >= 4 is 161 Å². The third kappa shape index (κ3) is 9.49. The van der Waals surface area contributed by atoms with Crippen LogP contribution in [-0.4, -0.2) is 13.7 Å².